The van der Waals surface area contributed by atoms with Gasteiger partial charge in [-0.25, -0.2) is 4.79 Å². The summed E-state index contributed by atoms with van der Waals surface area (Å²) in [7, 11) is 0. The number of ether oxygens (including phenoxy) is 2. The maximum Gasteiger partial charge on any atom is 0.338 e. The molecule has 266 valence electrons. The van der Waals surface area contributed by atoms with E-state index < -0.39 is 12.1 Å². The number of carbonyl (C=O) groups is 3. The number of hydrogen-bond donors (Lipinski definition) is 5. The van der Waals surface area contributed by atoms with Gasteiger partial charge in [0.25, 0.3) is 0 Å². The predicted molar refractivity (Wildman–Crippen MR) is 199 cm³/mol. The lowest BCUT2D eigenvalue weighted by Crippen LogP contribution is -2.22. The molecule has 52 heavy (non-hydrogen) atoms. The summed E-state index contributed by atoms with van der Waals surface area (Å²) >= 11 is 0. The van der Waals surface area contributed by atoms with Gasteiger partial charge in [0, 0.05) is 18.7 Å². The van der Waals surface area contributed by atoms with Gasteiger partial charge in [-0.05, 0) is 70.6 Å². The first-order valence-corrected chi connectivity index (χ1v) is 16.8. The molecule has 0 bridgehead atoms. The molecule has 0 aliphatic carbocycles. The maximum absolute atomic E-state index is 12.8. The Morgan fingerprint density at radius 1 is 0.788 bits per heavy atom. The first-order valence-electron chi connectivity index (χ1n) is 16.8. The molecule has 5 aromatic carbocycles. The van der Waals surface area contributed by atoms with E-state index in [4.69, 9.17) is 9.47 Å². The number of anilines is 1. The molecule has 0 aliphatic heterocycles. The number of carbonyl (C=O) groups excluding carboxylic acids is 3. The van der Waals surface area contributed by atoms with Crippen molar-refractivity contribution in [1.82, 2.24) is 10.6 Å². The van der Waals surface area contributed by atoms with Crippen molar-refractivity contribution in [2.75, 3.05) is 11.9 Å². The van der Waals surface area contributed by atoms with Gasteiger partial charge in [0.15, 0.2) is 0 Å². The topological polar surface area (TPSA) is 146 Å². The second kappa shape index (κ2) is 18.7. The third-order valence-electron chi connectivity index (χ3n) is 8.34. The van der Waals surface area contributed by atoms with Gasteiger partial charge in [0.2, 0.25) is 12.8 Å². The first kappa shape index (κ1) is 37.0. The van der Waals surface area contributed by atoms with Crippen LogP contribution in [0.1, 0.15) is 68.4 Å². The van der Waals surface area contributed by atoms with Crippen molar-refractivity contribution in [3.8, 4) is 11.5 Å². The normalized spacial score (nSPS) is 12.1. The number of aliphatic hydroxyl groups excluding tert-OH is 1. The van der Waals surface area contributed by atoms with Gasteiger partial charge in [-0.1, -0.05) is 97.1 Å². The van der Waals surface area contributed by atoms with Crippen LogP contribution in [0.2, 0.25) is 0 Å². The molecule has 0 radical (unpaired) electrons. The second-order valence-electron chi connectivity index (χ2n) is 12.0. The molecular weight excluding hydrogens is 658 g/mol. The van der Waals surface area contributed by atoms with Gasteiger partial charge in [0.1, 0.15) is 24.7 Å². The highest BCUT2D eigenvalue weighted by Gasteiger charge is 2.17. The van der Waals surface area contributed by atoms with E-state index >= 15 is 0 Å². The lowest BCUT2D eigenvalue weighted by atomic mass is 9.99. The number of aromatic hydroxyl groups is 1. The minimum atomic E-state index is -0.906. The van der Waals surface area contributed by atoms with E-state index in [-0.39, 0.29) is 37.2 Å². The molecule has 0 heterocycles. The predicted octanol–water partition coefficient (Wildman–Crippen LogP) is 6.59. The standard InChI is InChI=1S/C42H41N3O7/c1-2-8-37-36(19-20-38(48)41(37)45-28-47)39(49)24-43-23-30-9-6-10-31(21-30)26-52-42(50)33-17-15-29(16-18-33)25-51-35-14-7-13-34(22-35)40(44-27-46)32-11-4-3-5-12-32/h2-22,27-28,39-40,43,48-49H,23-26H2,1H3,(H,44,46)(H,45,47)/b8-2-/t39?,40-/m0/s1. The highest BCUT2D eigenvalue weighted by atomic mass is 16.5. The van der Waals surface area contributed by atoms with Crippen LogP contribution in [0.5, 0.6) is 11.5 Å². The van der Waals surface area contributed by atoms with Crippen LogP contribution in [0.3, 0.4) is 0 Å². The van der Waals surface area contributed by atoms with Crippen LogP contribution in [0.4, 0.5) is 5.69 Å². The summed E-state index contributed by atoms with van der Waals surface area (Å²) in [5, 5.41) is 29.7. The lowest BCUT2D eigenvalue weighted by Gasteiger charge is -2.18. The number of benzene rings is 5. The minimum Gasteiger partial charge on any atom is -0.506 e. The third kappa shape index (κ3) is 9.94. The van der Waals surface area contributed by atoms with Gasteiger partial charge in [-0.2, -0.15) is 0 Å². The number of esters is 1. The Labute approximate surface area is 302 Å². The quantitative estimate of drug-likeness (QED) is 0.0392. The number of allylic oxidation sites excluding steroid dienone is 1. The summed E-state index contributed by atoms with van der Waals surface area (Å²) in [6.07, 6.45) is 3.75. The van der Waals surface area contributed by atoms with E-state index in [0.29, 0.717) is 41.8 Å². The number of hydrogen-bond acceptors (Lipinski definition) is 8. The molecule has 10 nitrogen and oxygen atoms in total. The molecule has 5 rings (SSSR count). The number of rotatable bonds is 18. The van der Waals surface area contributed by atoms with E-state index in [0.717, 1.165) is 27.8 Å². The lowest BCUT2D eigenvalue weighted by molar-refractivity contribution is -0.110. The summed E-state index contributed by atoms with van der Waals surface area (Å²) in [6, 6.07) is 34.7. The fourth-order valence-electron chi connectivity index (χ4n) is 5.78. The van der Waals surface area contributed by atoms with Crippen molar-refractivity contribution in [3.63, 3.8) is 0 Å². The summed E-state index contributed by atoms with van der Waals surface area (Å²) < 4.78 is 11.6. The van der Waals surface area contributed by atoms with E-state index in [1.807, 2.05) is 97.9 Å². The van der Waals surface area contributed by atoms with Crippen LogP contribution in [0, 0.1) is 0 Å². The van der Waals surface area contributed by atoms with Crippen molar-refractivity contribution in [1.29, 1.82) is 0 Å². The molecule has 1 unspecified atom stereocenters. The van der Waals surface area contributed by atoms with Gasteiger partial charge >= 0.3 is 5.97 Å². The Morgan fingerprint density at radius 3 is 2.29 bits per heavy atom. The van der Waals surface area contributed by atoms with E-state index in [9.17, 15) is 24.6 Å². The molecule has 0 aliphatic rings. The van der Waals surface area contributed by atoms with E-state index in [1.165, 1.54) is 6.07 Å². The number of nitrogens with one attached hydrogen (secondary N) is 3. The Morgan fingerprint density at radius 2 is 1.54 bits per heavy atom. The Hall–Kier alpha value is -6.23. The Kier molecular flexibility index (Phi) is 13.3. The van der Waals surface area contributed by atoms with E-state index in [1.54, 1.807) is 30.4 Å². The van der Waals surface area contributed by atoms with Crippen LogP contribution in [-0.2, 0) is 34.1 Å². The zero-order valence-electron chi connectivity index (χ0n) is 28.7. The molecular formula is C42H41N3O7. The van der Waals surface area contributed by atoms with Crippen molar-refractivity contribution in [3.05, 3.63) is 166 Å². The number of aliphatic hydroxyl groups is 1. The summed E-state index contributed by atoms with van der Waals surface area (Å²) in [5.74, 6) is 0.114. The molecule has 0 spiro atoms. The zero-order valence-corrected chi connectivity index (χ0v) is 28.7. The highest BCUT2D eigenvalue weighted by Crippen LogP contribution is 2.34. The molecule has 5 aromatic rings. The first-order chi connectivity index (χ1) is 25.4. The minimum absolute atomic E-state index is 0.0895. The number of phenols is 1. The maximum atomic E-state index is 12.8. The van der Waals surface area contributed by atoms with Crippen LogP contribution in [0.15, 0.2) is 121 Å². The molecule has 0 saturated heterocycles. The summed E-state index contributed by atoms with van der Waals surface area (Å²) in [5.41, 5.74) is 6.22. The fourth-order valence-corrected chi connectivity index (χ4v) is 5.78. The number of amides is 2. The average Bonchev–Trinajstić information content (AvgIpc) is 3.17. The van der Waals surface area contributed by atoms with Gasteiger partial charge in [0.05, 0.1) is 23.4 Å². The van der Waals surface area contributed by atoms with Crippen molar-refractivity contribution < 1.29 is 34.1 Å². The molecule has 2 amide bonds. The fraction of sp³-hybridized carbons (Fsp3) is 0.167. The van der Waals surface area contributed by atoms with Crippen LogP contribution in [-0.4, -0.2) is 35.5 Å². The van der Waals surface area contributed by atoms with E-state index in [2.05, 4.69) is 16.0 Å². The third-order valence-corrected chi connectivity index (χ3v) is 8.34. The zero-order chi connectivity index (χ0) is 36.7. The Bertz CT molecular complexity index is 1980. The van der Waals surface area contributed by atoms with Crippen LogP contribution in [0.25, 0.3) is 6.08 Å². The summed E-state index contributed by atoms with van der Waals surface area (Å²) in [6.45, 7) is 2.86. The smallest absolute Gasteiger partial charge is 0.338 e. The molecule has 5 N–H and O–H groups in total. The van der Waals surface area contributed by atoms with Gasteiger partial charge < -0.3 is 35.6 Å². The molecule has 0 fully saturated rings. The average molecular weight is 700 g/mol. The highest BCUT2D eigenvalue weighted by molar-refractivity contribution is 5.89. The second-order valence-corrected chi connectivity index (χ2v) is 12.0. The molecule has 0 saturated carbocycles. The van der Waals surface area contributed by atoms with Crippen molar-refractivity contribution in [2.24, 2.45) is 0 Å². The van der Waals surface area contributed by atoms with Gasteiger partial charge in [-0.3, -0.25) is 9.59 Å². The van der Waals surface area contributed by atoms with Crippen LogP contribution >= 0.6 is 0 Å². The van der Waals surface area contributed by atoms with Gasteiger partial charge in [-0.15, -0.1) is 0 Å². The SMILES string of the molecule is C/C=C\c1c(C(O)CNCc2cccc(COC(=O)c3ccc(COc4cccc([C@@H](NC=O)c5ccccc5)c4)cc3)c2)ccc(O)c1NC=O. The molecule has 10 heteroatoms. The van der Waals surface area contributed by atoms with Crippen molar-refractivity contribution >= 4 is 30.6 Å². The van der Waals surface area contributed by atoms with Crippen LogP contribution < -0.4 is 20.7 Å². The summed E-state index contributed by atoms with van der Waals surface area (Å²) in [4.78, 5) is 35.2. The monoisotopic (exact) mass is 699 g/mol. The van der Waals surface area contributed by atoms with Crippen molar-refractivity contribution in [2.45, 2.75) is 38.8 Å². The number of phenolic OH excluding ortho intramolecular Hbond substituents is 1. The molecule has 2 atom stereocenters. The Balaban J connectivity index is 1.11. The molecule has 0 aromatic heterocycles. The largest absolute Gasteiger partial charge is 0.506 e.